The molecule has 1 heterocycles. The van der Waals surface area contributed by atoms with Crippen LogP contribution in [-0.2, 0) is 30.5 Å². The highest BCUT2D eigenvalue weighted by atomic mass is 19.4. The highest BCUT2D eigenvalue weighted by molar-refractivity contribution is 6.39. The van der Waals surface area contributed by atoms with Crippen LogP contribution in [0, 0.1) is 5.92 Å². The number of rotatable bonds is 9. The van der Waals surface area contributed by atoms with Crippen molar-refractivity contribution in [2.75, 3.05) is 6.54 Å². The van der Waals surface area contributed by atoms with Crippen molar-refractivity contribution in [1.82, 2.24) is 21.3 Å². The van der Waals surface area contributed by atoms with Crippen LogP contribution in [0.4, 0.5) is 18.0 Å². The summed E-state index contributed by atoms with van der Waals surface area (Å²) in [4.78, 5) is 60.8. The fraction of sp³-hybridized carbons (Fsp3) is 0.500. The van der Waals surface area contributed by atoms with Gasteiger partial charge in [0.15, 0.2) is 0 Å². The van der Waals surface area contributed by atoms with Gasteiger partial charge >= 0.3 is 12.3 Å². The summed E-state index contributed by atoms with van der Waals surface area (Å²) in [5.41, 5.74) is 0.682. The maximum absolute atomic E-state index is 13.1. The van der Waals surface area contributed by atoms with Crippen molar-refractivity contribution in [3.63, 3.8) is 0 Å². The lowest BCUT2D eigenvalue weighted by Gasteiger charge is -2.27. The first-order chi connectivity index (χ1) is 16.4. The van der Waals surface area contributed by atoms with Gasteiger partial charge in [-0.3, -0.25) is 19.2 Å². The average molecular weight is 500 g/mol. The van der Waals surface area contributed by atoms with Gasteiger partial charge in [0.2, 0.25) is 17.6 Å². The number of benzene rings is 1. The molecule has 1 saturated heterocycles. The number of amides is 4. The van der Waals surface area contributed by atoms with Crippen LogP contribution in [-0.4, -0.2) is 60.4 Å². The summed E-state index contributed by atoms with van der Waals surface area (Å²) in [7, 11) is 0. The van der Waals surface area contributed by atoms with E-state index in [1.54, 1.807) is 44.2 Å². The molecule has 2 rings (SSSR count). The molecule has 0 saturated carbocycles. The second kappa shape index (κ2) is 12.2. The van der Waals surface area contributed by atoms with E-state index in [1.165, 1.54) is 0 Å². The van der Waals surface area contributed by atoms with E-state index in [0.717, 1.165) is 0 Å². The zero-order chi connectivity index (χ0) is 26.2. The van der Waals surface area contributed by atoms with Crippen LogP contribution in [0.3, 0.4) is 0 Å². The van der Waals surface area contributed by atoms with Crippen molar-refractivity contribution in [2.45, 2.75) is 57.6 Å². The molecule has 1 aliphatic heterocycles. The molecule has 0 bridgehead atoms. The van der Waals surface area contributed by atoms with Crippen LogP contribution in [0.25, 0.3) is 0 Å². The summed E-state index contributed by atoms with van der Waals surface area (Å²) in [5.74, 6) is -4.86. The molecule has 13 heteroatoms. The molecule has 3 unspecified atom stereocenters. The number of Topliss-reactive ketones (excluding diaryl/α,β-unsaturated/α-hetero) is 1. The molecule has 3 atom stereocenters. The van der Waals surface area contributed by atoms with Crippen LogP contribution >= 0.6 is 0 Å². The molecular weight excluding hydrogens is 473 g/mol. The van der Waals surface area contributed by atoms with E-state index >= 15 is 0 Å². The normalized spacial score (nSPS) is 17.7. The molecule has 0 aliphatic carbocycles. The molecule has 35 heavy (non-hydrogen) atoms. The number of nitrogens with one attached hydrogen (secondary N) is 4. The minimum atomic E-state index is -4.83. The Labute approximate surface area is 199 Å². The summed E-state index contributed by atoms with van der Waals surface area (Å²) in [6.45, 7) is 3.04. The van der Waals surface area contributed by atoms with E-state index < -0.39 is 66.2 Å². The largest absolute Gasteiger partial charge is 0.445 e. The van der Waals surface area contributed by atoms with Gasteiger partial charge in [-0.1, -0.05) is 44.2 Å². The van der Waals surface area contributed by atoms with E-state index in [-0.39, 0.29) is 19.6 Å². The molecule has 0 radical (unpaired) electrons. The van der Waals surface area contributed by atoms with Crippen molar-refractivity contribution in [1.29, 1.82) is 0 Å². The van der Waals surface area contributed by atoms with Gasteiger partial charge in [0.25, 0.3) is 5.91 Å². The van der Waals surface area contributed by atoms with Crippen LogP contribution in [0.2, 0.25) is 0 Å². The molecule has 0 spiro atoms. The standard InChI is InChI=1S/C22H27F3N4O6/c1-12(2)16(29-21(34)35-11-13-6-4-3-5-7-13)19(32)28-15(10-22(23,24)25)18(31)27-14-8-9-26-20(33)17(14)30/h3-7,12,14-16H,8-11H2,1-2H3,(H,26,33)(H,27,31)(H,28,32)(H,29,34). The van der Waals surface area contributed by atoms with Crippen molar-refractivity contribution >= 4 is 29.6 Å². The number of halogens is 3. The van der Waals surface area contributed by atoms with Gasteiger partial charge in [0.05, 0.1) is 12.5 Å². The highest BCUT2D eigenvalue weighted by Gasteiger charge is 2.40. The summed E-state index contributed by atoms with van der Waals surface area (Å²) < 4.78 is 44.4. The van der Waals surface area contributed by atoms with Crippen LogP contribution in [0.1, 0.15) is 32.3 Å². The molecule has 1 aliphatic rings. The van der Waals surface area contributed by atoms with Gasteiger partial charge in [-0.05, 0) is 17.9 Å². The summed E-state index contributed by atoms with van der Waals surface area (Å²) in [5, 5.41) is 8.65. The number of hydrogen-bond acceptors (Lipinski definition) is 6. The Balaban J connectivity index is 2.05. The zero-order valence-electron chi connectivity index (χ0n) is 19.1. The Morgan fingerprint density at radius 3 is 2.34 bits per heavy atom. The van der Waals surface area contributed by atoms with Crippen molar-refractivity contribution < 1.29 is 41.9 Å². The van der Waals surface area contributed by atoms with Crippen LogP contribution < -0.4 is 21.3 Å². The third kappa shape index (κ3) is 8.91. The number of carbonyl (C=O) groups is 5. The molecule has 0 aromatic heterocycles. The highest BCUT2D eigenvalue weighted by Crippen LogP contribution is 2.22. The summed E-state index contributed by atoms with van der Waals surface area (Å²) >= 11 is 0. The van der Waals surface area contributed by atoms with E-state index in [2.05, 4.69) is 16.0 Å². The molecule has 192 valence electrons. The van der Waals surface area contributed by atoms with E-state index in [1.807, 2.05) is 5.32 Å². The van der Waals surface area contributed by atoms with E-state index in [4.69, 9.17) is 4.74 Å². The molecule has 4 amide bonds. The van der Waals surface area contributed by atoms with Gasteiger partial charge in [-0.2, -0.15) is 13.2 Å². The number of hydrogen-bond donors (Lipinski definition) is 4. The first-order valence-corrected chi connectivity index (χ1v) is 10.8. The number of alkyl halides is 3. The van der Waals surface area contributed by atoms with Gasteiger partial charge in [-0.15, -0.1) is 0 Å². The zero-order valence-corrected chi connectivity index (χ0v) is 19.1. The maximum Gasteiger partial charge on any atom is 0.408 e. The van der Waals surface area contributed by atoms with E-state index in [9.17, 15) is 37.1 Å². The lowest BCUT2D eigenvalue weighted by Crippen LogP contribution is -2.60. The Morgan fingerprint density at radius 1 is 1.09 bits per heavy atom. The Hall–Kier alpha value is -3.64. The van der Waals surface area contributed by atoms with Crippen molar-refractivity contribution in [3.8, 4) is 0 Å². The number of carbonyl (C=O) groups excluding carboxylic acids is 5. The topological polar surface area (TPSA) is 143 Å². The summed E-state index contributed by atoms with van der Waals surface area (Å²) in [6, 6.07) is 3.94. The number of ether oxygens (including phenoxy) is 1. The second-order valence-corrected chi connectivity index (χ2v) is 8.28. The van der Waals surface area contributed by atoms with Gasteiger partial charge in [-0.25, -0.2) is 4.79 Å². The van der Waals surface area contributed by atoms with Crippen molar-refractivity contribution in [3.05, 3.63) is 35.9 Å². The Kier molecular flexibility index (Phi) is 9.60. The second-order valence-electron chi connectivity index (χ2n) is 8.28. The predicted molar refractivity (Wildman–Crippen MR) is 116 cm³/mol. The Bertz CT molecular complexity index is 939. The molecule has 1 aromatic carbocycles. The lowest BCUT2D eigenvalue weighted by atomic mass is 10.0. The minimum absolute atomic E-state index is 0.00751. The molecule has 1 fully saturated rings. The first kappa shape index (κ1) is 27.6. The number of piperidine rings is 1. The molecule has 10 nitrogen and oxygen atoms in total. The SMILES string of the molecule is CC(C)C(NC(=O)OCc1ccccc1)C(=O)NC(CC(F)(F)F)C(=O)NC1CCNC(=O)C1=O. The quantitative estimate of drug-likeness (QED) is 0.372. The lowest BCUT2D eigenvalue weighted by molar-refractivity contribution is -0.153. The third-order valence-corrected chi connectivity index (χ3v) is 5.08. The third-order valence-electron chi connectivity index (χ3n) is 5.08. The predicted octanol–water partition coefficient (Wildman–Crippen LogP) is 0.948. The van der Waals surface area contributed by atoms with Gasteiger partial charge in [0.1, 0.15) is 18.7 Å². The number of alkyl carbamates (subject to hydrolysis) is 1. The molecular formula is C22H27F3N4O6. The van der Waals surface area contributed by atoms with Crippen LogP contribution in [0.5, 0.6) is 0 Å². The molecule has 4 N–H and O–H groups in total. The average Bonchev–Trinajstić information content (AvgIpc) is 2.78. The smallest absolute Gasteiger partial charge is 0.408 e. The van der Waals surface area contributed by atoms with E-state index in [0.29, 0.717) is 5.56 Å². The summed E-state index contributed by atoms with van der Waals surface area (Å²) in [6.07, 6.45) is -7.54. The fourth-order valence-electron chi connectivity index (χ4n) is 3.25. The minimum Gasteiger partial charge on any atom is -0.445 e. The monoisotopic (exact) mass is 500 g/mol. The first-order valence-electron chi connectivity index (χ1n) is 10.8. The van der Waals surface area contributed by atoms with Crippen LogP contribution in [0.15, 0.2) is 30.3 Å². The Morgan fingerprint density at radius 2 is 1.74 bits per heavy atom. The van der Waals surface area contributed by atoms with Gasteiger partial charge < -0.3 is 26.0 Å². The number of ketones is 1. The fourth-order valence-corrected chi connectivity index (χ4v) is 3.25. The van der Waals surface area contributed by atoms with Crippen molar-refractivity contribution in [2.24, 2.45) is 5.92 Å². The maximum atomic E-state index is 13.1. The molecule has 1 aromatic rings. The van der Waals surface area contributed by atoms with Gasteiger partial charge in [0, 0.05) is 6.54 Å².